The minimum absolute atomic E-state index is 0.225. The molecule has 130 valence electrons. The lowest BCUT2D eigenvalue weighted by Gasteiger charge is -2.17. The largest absolute Gasteiger partial charge is 0.451 e. The molecule has 7 nitrogen and oxygen atoms in total. The van der Waals surface area contributed by atoms with Gasteiger partial charge in [0.1, 0.15) is 4.88 Å². The number of sulfonamides is 1. The van der Waals surface area contributed by atoms with Gasteiger partial charge in [-0.15, -0.1) is 11.3 Å². The van der Waals surface area contributed by atoms with E-state index in [2.05, 4.69) is 4.72 Å². The summed E-state index contributed by atoms with van der Waals surface area (Å²) < 4.78 is 29.3. The Balaban J connectivity index is 2.47. The van der Waals surface area contributed by atoms with E-state index in [4.69, 9.17) is 4.74 Å². The summed E-state index contributed by atoms with van der Waals surface area (Å²) in [6.07, 6.45) is 1.58. The molecule has 0 aliphatic carbocycles. The molecule has 0 aliphatic heterocycles. The summed E-state index contributed by atoms with van der Waals surface area (Å²) in [4.78, 5) is 26.5. The highest BCUT2D eigenvalue weighted by Gasteiger charge is 2.15. The van der Waals surface area contributed by atoms with E-state index in [1.165, 1.54) is 11.3 Å². The van der Waals surface area contributed by atoms with E-state index >= 15 is 0 Å². The highest BCUT2D eigenvalue weighted by molar-refractivity contribution is 7.88. The van der Waals surface area contributed by atoms with Gasteiger partial charge in [0.05, 0.1) is 6.26 Å². The number of esters is 1. The van der Waals surface area contributed by atoms with Crippen LogP contribution in [0.4, 0.5) is 0 Å². The van der Waals surface area contributed by atoms with Gasteiger partial charge in [-0.1, -0.05) is 0 Å². The number of thiophene rings is 1. The highest BCUT2D eigenvalue weighted by atomic mass is 32.2. The Morgan fingerprint density at radius 3 is 2.48 bits per heavy atom. The van der Waals surface area contributed by atoms with Crippen LogP contribution in [0.3, 0.4) is 0 Å². The second-order valence-corrected chi connectivity index (χ2v) is 7.83. The van der Waals surface area contributed by atoms with Gasteiger partial charge in [-0.05, 0) is 32.4 Å². The van der Waals surface area contributed by atoms with Gasteiger partial charge in [-0.25, -0.2) is 17.9 Å². The molecule has 1 N–H and O–H groups in total. The lowest BCUT2D eigenvalue weighted by atomic mass is 10.3. The first-order valence-electron chi connectivity index (χ1n) is 7.25. The number of rotatable bonds is 9. The zero-order valence-electron chi connectivity index (χ0n) is 13.5. The Kier molecular flexibility index (Phi) is 7.66. The number of carbonyl (C=O) groups excluding carboxylic acids is 2. The topological polar surface area (TPSA) is 92.8 Å². The Hall–Kier alpha value is -1.45. The van der Waals surface area contributed by atoms with E-state index in [0.717, 1.165) is 11.1 Å². The van der Waals surface area contributed by atoms with Crippen molar-refractivity contribution >= 4 is 33.2 Å². The maximum absolute atomic E-state index is 11.9. The molecule has 0 saturated carbocycles. The summed E-state index contributed by atoms with van der Waals surface area (Å²) in [5, 5.41) is 0. The first kappa shape index (κ1) is 19.6. The third-order valence-corrected chi connectivity index (χ3v) is 4.89. The van der Waals surface area contributed by atoms with Crippen LogP contribution in [0, 0.1) is 0 Å². The van der Waals surface area contributed by atoms with Crippen LogP contribution in [-0.2, 0) is 26.0 Å². The van der Waals surface area contributed by atoms with Crippen LogP contribution >= 0.6 is 11.3 Å². The maximum atomic E-state index is 11.9. The third-order valence-electron chi connectivity index (χ3n) is 3.04. The molecule has 1 heterocycles. The molecule has 1 amide bonds. The van der Waals surface area contributed by atoms with Crippen LogP contribution in [0.15, 0.2) is 12.1 Å². The predicted molar refractivity (Wildman–Crippen MR) is 89.1 cm³/mol. The standard InChI is InChI=1S/C14H22N2O5S2/c1-4-16(5-2)13(17)10-21-14(18)12-7-6-11(22-12)8-9-15-23(3,19)20/h6-7,15H,4-5,8-10H2,1-3H3. The molecule has 0 radical (unpaired) electrons. The van der Waals surface area contributed by atoms with E-state index in [9.17, 15) is 18.0 Å². The second-order valence-electron chi connectivity index (χ2n) is 4.82. The summed E-state index contributed by atoms with van der Waals surface area (Å²) in [5.74, 6) is -0.768. The van der Waals surface area contributed by atoms with E-state index in [1.54, 1.807) is 17.0 Å². The van der Waals surface area contributed by atoms with Crippen molar-refractivity contribution in [1.29, 1.82) is 0 Å². The van der Waals surface area contributed by atoms with Gasteiger partial charge in [-0.3, -0.25) is 4.79 Å². The van der Waals surface area contributed by atoms with Crippen LogP contribution in [0.2, 0.25) is 0 Å². The molecule has 0 atom stereocenters. The average Bonchev–Trinajstić information content (AvgIpc) is 2.93. The maximum Gasteiger partial charge on any atom is 0.348 e. The van der Waals surface area contributed by atoms with Crippen LogP contribution < -0.4 is 4.72 Å². The van der Waals surface area contributed by atoms with Crippen molar-refractivity contribution < 1.29 is 22.7 Å². The summed E-state index contributed by atoms with van der Waals surface area (Å²) in [5.41, 5.74) is 0. The fourth-order valence-corrected chi connectivity index (χ4v) is 3.22. The van der Waals surface area contributed by atoms with E-state index in [-0.39, 0.29) is 19.1 Å². The van der Waals surface area contributed by atoms with Crippen molar-refractivity contribution in [3.8, 4) is 0 Å². The molecule has 0 unspecified atom stereocenters. The van der Waals surface area contributed by atoms with Gasteiger partial charge in [0.15, 0.2) is 6.61 Å². The van der Waals surface area contributed by atoms with Crippen LogP contribution in [0.5, 0.6) is 0 Å². The third kappa shape index (κ3) is 7.10. The number of carbonyl (C=O) groups is 2. The van der Waals surface area contributed by atoms with Crippen LogP contribution in [0.1, 0.15) is 28.4 Å². The van der Waals surface area contributed by atoms with E-state index < -0.39 is 16.0 Å². The number of nitrogens with one attached hydrogen (secondary N) is 1. The lowest BCUT2D eigenvalue weighted by molar-refractivity contribution is -0.134. The number of likely N-dealkylation sites (N-methyl/N-ethyl adjacent to an activating group) is 1. The van der Waals surface area contributed by atoms with Crippen LogP contribution in [-0.4, -0.2) is 57.7 Å². The SMILES string of the molecule is CCN(CC)C(=O)COC(=O)c1ccc(CCNS(C)(=O)=O)s1. The van der Waals surface area contributed by atoms with Crippen molar-refractivity contribution in [3.05, 3.63) is 21.9 Å². The molecule has 0 aliphatic rings. The van der Waals surface area contributed by atoms with Gasteiger partial charge < -0.3 is 9.64 Å². The molecule has 0 bridgehead atoms. The quantitative estimate of drug-likeness (QED) is 0.658. The molecule has 1 aromatic rings. The van der Waals surface area contributed by atoms with Crippen molar-refractivity contribution in [2.45, 2.75) is 20.3 Å². The van der Waals surface area contributed by atoms with Crippen molar-refractivity contribution in [2.75, 3.05) is 32.5 Å². The summed E-state index contributed by atoms with van der Waals surface area (Å²) in [7, 11) is -3.21. The van der Waals surface area contributed by atoms with Crippen LogP contribution in [0.25, 0.3) is 0 Å². The summed E-state index contributed by atoms with van der Waals surface area (Å²) in [6, 6.07) is 3.36. The fourth-order valence-electron chi connectivity index (χ4n) is 1.85. The average molecular weight is 362 g/mol. The Labute approximate surface area is 140 Å². The molecular formula is C14H22N2O5S2. The predicted octanol–water partition coefficient (Wildman–Crippen LogP) is 0.865. The normalized spacial score (nSPS) is 11.3. The zero-order valence-corrected chi connectivity index (χ0v) is 15.1. The molecule has 1 aromatic heterocycles. The Bertz CT molecular complexity index is 635. The number of hydrogen-bond donors (Lipinski definition) is 1. The van der Waals surface area contributed by atoms with Gasteiger partial charge in [0.2, 0.25) is 10.0 Å². The molecule has 9 heteroatoms. The van der Waals surface area contributed by atoms with E-state index in [1.807, 2.05) is 13.8 Å². The number of amides is 1. The smallest absolute Gasteiger partial charge is 0.348 e. The molecular weight excluding hydrogens is 340 g/mol. The second kappa shape index (κ2) is 8.99. The minimum Gasteiger partial charge on any atom is -0.451 e. The Morgan fingerprint density at radius 1 is 1.26 bits per heavy atom. The highest BCUT2D eigenvalue weighted by Crippen LogP contribution is 2.18. The van der Waals surface area contributed by atoms with Crippen molar-refractivity contribution in [1.82, 2.24) is 9.62 Å². The molecule has 0 saturated heterocycles. The summed E-state index contributed by atoms with van der Waals surface area (Å²) in [6.45, 7) is 4.86. The van der Waals surface area contributed by atoms with Gasteiger partial charge >= 0.3 is 5.97 Å². The molecule has 0 fully saturated rings. The lowest BCUT2D eigenvalue weighted by Crippen LogP contribution is -2.34. The molecule has 1 rings (SSSR count). The van der Waals surface area contributed by atoms with Crippen molar-refractivity contribution in [3.63, 3.8) is 0 Å². The fraction of sp³-hybridized carbons (Fsp3) is 0.571. The first-order chi connectivity index (χ1) is 10.8. The summed E-state index contributed by atoms with van der Waals surface area (Å²) >= 11 is 1.23. The van der Waals surface area contributed by atoms with E-state index in [0.29, 0.717) is 24.4 Å². The Morgan fingerprint density at radius 2 is 1.91 bits per heavy atom. The number of ether oxygens (including phenoxy) is 1. The van der Waals surface area contributed by atoms with Gasteiger partial charge in [-0.2, -0.15) is 0 Å². The monoisotopic (exact) mass is 362 g/mol. The molecule has 23 heavy (non-hydrogen) atoms. The van der Waals surface area contributed by atoms with Gasteiger partial charge in [0, 0.05) is 24.5 Å². The first-order valence-corrected chi connectivity index (χ1v) is 9.95. The molecule has 0 aromatic carbocycles. The number of nitrogens with zero attached hydrogens (tertiary/aromatic N) is 1. The zero-order chi connectivity index (χ0) is 17.5. The van der Waals surface area contributed by atoms with Crippen molar-refractivity contribution in [2.24, 2.45) is 0 Å². The molecule has 0 spiro atoms. The number of hydrogen-bond acceptors (Lipinski definition) is 6. The van der Waals surface area contributed by atoms with Gasteiger partial charge in [0.25, 0.3) is 5.91 Å². The minimum atomic E-state index is -3.21.